The number of aromatic nitrogens is 1. The Morgan fingerprint density at radius 1 is 1.11 bits per heavy atom. The summed E-state index contributed by atoms with van der Waals surface area (Å²) in [5.74, 6) is 1.38. The van der Waals surface area contributed by atoms with Gasteiger partial charge in [0, 0.05) is 25.7 Å². The maximum Gasteiger partial charge on any atom is 0.331 e. The number of hydrogen-bond acceptors (Lipinski definition) is 7. The Morgan fingerprint density at radius 2 is 1.91 bits per heavy atom. The number of likely N-dealkylation sites (tertiary alicyclic amines) is 1. The van der Waals surface area contributed by atoms with Gasteiger partial charge < -0.3 is 15.0 Å². The van der Waals surface area contributed by atoms with Crippen LogP contribution in [0.4, 0.5) is 21.9 Å². The molecule has 1 saturated carbocycles. The molecule has 2 aromatic heterocycles. The third kappa shape index (κ3) is 5.91. The SMILES string of the molecule is Cc1cc(Oc2ccccc2)ccc1N1C(=O)Nc2c(C(=O)N3CC[C@H](CC(=O)/C(C#N)=C/C4CC4)C3)sc3nccc1c23.S. The van der Waals surface area contributed by atoms with E-state index in [1.54, 1.807) is 28.1 Å². The van der Waals surface area contributed by atoms with Crippen molar-refractivity contribution in [2.45, 2.75) is 32.6 Å². The molecule has 2 fully saturated rings. The number of ether oxygens (including phenoxy) is 1. The van der Waals surface area contributed by atoms with E-state index in [0.29, 0.717) is 57.9 Å². The lowest BCUT2D eigenvalue weighted by Gasteiger charge is -2.30. The molecule has 1 N–H and O–H groups in total. The summed E-state index contributed by atoms with van der Waals surface area (Å²) in [4.78, 5) is 49.1. The van der Waals surface area contributed by atoms with Gasteiger partial charge in [0.2, 0.25) is 0 Å². The molecule has 9 nitrogen and oxygen atoms in total. The standard InChI is InChI=1S/C34H29N5O4S.H2S/c1-20-15-25(43-24-5-3-2-4-6-24)9-10-26(20)39-27-11-13-36-32-29(27)30(37-34(39)42)31(44-32)33(41)38-14-12-22(19-38)17-28(40)23(18-35)16-21-7-8-21;/h2-6,9-11,13,15-16,21-22H,7-8,12,14,17,19H2,1H3,(H,37,42);1H2/b23-16+;/t22-;/m1./s1. The molecule has 11 heteroatoms. The predicted octanol–water partition coefficient (Wildman–Crippen LogP) is 7.47. The number of rotatable bonds is 8. The molecule has 3 amide bonds. The molecule has 228 valence electrons. The summed E-state index contributed by atoms with van der Waals surface area (Å²) in [6.45, 7) is 2.86. The molecule has 2 aromatic carbocycles. The fourth-order valence-corrected chi connectivity index (χ4v) is 7.02. The number of nitrogens with zero attached hydrogens (tertiary/aromatic N) is 4. The van der Waals surface area contributed by atoms with Crippen molar-refractivity contribution in [3.8, 4) is 17.6 Å². The van der Waals surface area contributed by atoms with Crippen molar-refractivity contribution >= 4 is 69.8 Å². The molecule has 0 unspecified atom stereocenters. The Labute approximate surface area is 271 Å². The van der Waals surface area contributed by atoms with Gasteiger partial charge >= 0.3 is 6.03 Å². The second-order valence-corrected chi connectivity index (χ2v) is 12.5. The summed E-state index contributed by atoms with van der Waals surface area (Å²) >= 11 is 1.26. The second-order valence-electron chi connectivity index (χ2n) is 11.5. The van der Waals surface area contributed by atoms with Gasteiger partial charge in [-0.15, -0.1) is 11.3 Å². The zero-order valence-corrected chi connectivity index (χ0v) is 26.4. The number of Topliss-reactive ketones (excluding diaryl/α,β-unsaturated/α-hetero) is 1. The molecule has 0 bridgehead atoms. The van der Waals surface area contributed by atoms with Gasteiger partial charge in [0.05, 0.1) is 28.0 Å². The monoisotopic (exact) mass is 637 g/mol. The number of pyridine rings is 1. The smallest absolute Gasteiger partial charge is 0.331 e. The number of aryl methyl sites for hydroxylation is 1. The highest BCUT2D eigenvalue weighted by Gasteiger charge is 2.36. The third-order valence-corrected chi connectivity index (χ3v) is 9.41. The first-order valence-electron chi connectivity index (χ1n) is 14.7. The van der Waals surface area contributed by atoms with Gasteiger partial charge in [-0.3, -0.25) is 14.5 Å². The van der Waals surface area contributed by atoms with Gasteiger partial charge in [0.1, 0.15) is 27.3 Å². The number of benzene rings is 2. The zero-order valence-electron chi connectivity index (χ0n) is 24.6. The van der Waals surface area contributed by atoms with E-state index in [-0.39, 0.29) is 49.1 Å². The average Bonchev–Trinajstić information content (AvgIpc) is 3.60. The molecule has 45 heavy (non-hydrogen) atoms. The van der Waals surface area contributed by atoms with Crippen molar-refractivity contribution in [3.05, 3.63) is 82.9 Å². The maximum absolute atomic E-state index is 13.8. The lowest BCUT2D eigenvalue weighted by Crippen LogP contribution is -2.35. The van der Waals surface area contributed by atoms with Crippen LogP contribution in [0, 0.1) is 30.1 Å². The molecule has 3 aliphatic rings. The topological polar surface area (TPSA) is 116 Å². The van der Waals surface area contributed by atoms with Crippen molar-refractivity contribution < 1.29 is 19.1 Å². The normalized spacial score (nSPS) is 17.5. The molecular formula is C34H31N5O4S2. The Hall–Kier alpha value is -4.66. The van der Waals surface area contributed by atoms with E-state index in [0.717, 1.165) is 29.5 Å². The van der Waals surface area contributed by atoms with Crippen LogP contribution in [0.15, 0.2) is 72.4 Å². The number of urea groups is 1. The zero-order chi connectivity index (χ0) is 30.4. The first kappa shape index (κ1) is 30.4. The first-order chi connectivity index (χ1) is 21.4. The Kier molecular flexibility index (Phi) is 8.36. The van der Waals surface area contributed by atoms with Gasteiger partial charge in [-0.1, -0.05) is 24.3 Å². The van der Waals surface area contributed by atoms with E-state index >= 15 is 0 Å². The van der Waals surface area contributed by atoms with Gasteiger partial charge in [-0.25, -0.2) is 9.78 Å². The summed E-state index contributed by atoms with van der Waals surface area (Å²) in [5, 5.41) is 13.1. The number of hydrogen-bond donors (Lipinski definition) is 1. The van der Waals surface area contributed by atoms with Crippen molar-refractivity contribution in [3.63, 3.8) is 0 Å². The number of ketones is 1. The largest absolute Gasteiger partial charge is 0.457 e. The molecule has 0 radical (unpaired) electrons. The van der Waals surface area contributed by atoms with Crippen LogP contribution in [0.1, 0.15) is 40.9 Å². The number of thiophene rings is 1. The second kappa shape index (κ2) is 12.4. The molecule has 2 aliphatic heterocycles. The van der Waals surface area contributed by atoms with Crippen LogP contribution in [0.5, 0.6) is 11.5 Å². The molecule has 0 spiro atoms. The Morgan fingerprint density at radius 3 is 2.64 bits per heavy atom. The maximum atomic E-state index is 13.8. The number of nitriles is 1. The number of carbonyl (C=O) groups excluding carboxylic acids is 3. The Bertz CT molecular complexity index is 1890. The third-order valence-electron chi connectivity index (χ3n) is 8.32. The minimum Gasteiger partial charge on any atom is -0.457 e. The van der Waals surface area contributed by atoms with Crippen molar-refractivity contribution in [1.82, 2.24) is 9.88 Å². The van der Waals surface area contributed by atoms with Crippen molar-refractivity contribution in [2.24, 2.45) is 11.8 Å². The summed E-state index contributed by atoms with van der Waals surface area (Å²) in [5.41, 5.74) is 2.91. The summed E-state index contributed by atoms with van der Waals surface area (Å²) < 4.78 is 5.98. The fraction of sp³-hybridized carbons (Fsp3) is 0.265. The number of anilines is 3. The predicted molar refractivity (Wildman–Crippen MR) is 179 cm³/mol. The highest BCUT2D eigenvalue weighted by molar-refractivity contribution is 7.59. The quantitative estimate of drug-likeness (QED) is 0.158. The van der Waals surface area contributed by atoms with Crippen LogP contribution in [-0.2, 0) is 4.79 Å². The van der Waals surface area contributed by atoms with Crippen LogP contribution < -0.4 is 15.0 Å². The molecule has 4 heterocycles. The van der Waals surface area contributed by atoms with Crippen LogP contribution >= 0.6 is 24.8 Å². The average molecular weight is 638 g/mol. The highest BCUT2D eigenvalue weighted by atomic mass is 32.1. The van der Waals surface area contributed by atoms with Crippen LogP contribution in [0.3, 0.4) is 0 Å². The minimum absolute atomic E-state index is 0. The van der Waals surface area contributed by atoms with Gasteiger partial charge in [0.25, 0.3) is 5.91 Å². The molecule has 1 aliphatic carbocycles. The van der Waals surface area contributed by atoms with Crippen molar-refractivity contribution in [1.29, 1.82) is 5.26 Å². The van der Waals surface area contributed by atoms with E-state index in [4.69, 9.17) is 4.74 Å². The molecule has 4 aromatic rings. The number of allylic oxidation sites excluding steroid dienone is 2. The number of para-hydroxylation sites is 1. The van der Waals surface area contributed by atoms with E-state index in [2.05, 4.69) is 16.4 Å². The van der Waals surface area contributed by atoms with Crippen molar-refractivity contribution in [2.75, 3.05) is 23.3 Å². The van der Waals surface area contributed by atoms with Crippen LogP contribution in [-0.4, -0.2) is 40.7 Å². The summed E-state index contributed by atoms with van der Waals surface area (Å²) in [7, 11) is 0. The van der Waals surface area contributed by atoms with Crippen LogP contribution in [0.2, 0.25) is 0 Å². The lowest BCUT2D eigenvalue weighted by atomic mass is 9.97. The highest BCUT2D eigenvalue weighted by Crippen LogP contribution is 2.47. The molecule has 1 saturated heterocycles. The van der Waals surface area contributed by atoms with Gasteiger partial charge in [-0.2, -0.15) is 18.8 Å². The Balaban J connectivity index is 0.00000357. The first-order valence-corrected chi connectivity index (χ1v) is 15.5. The molecule has 1 atom stereocenters. The van der Waals surface area contributed by atoms with E-state index < -0.39 is 0 Å². The summed E-state index contributed by atoms with van der Waals surface area (Å²) in [6, 6.07) is 18.6. The fourth-order valence-electron chi connectivity index (χ4n) is 5.93. The van der Waals surface area contributed by atoms with E-state index in [9.17, 15) is 19.6 Å². The van der Waals surface area contributed by atoms with E-state index in [1.165, 1.54) is 11.3 Å². The number of amides is 3. The van der Waals surface area contributed by atoms with Gasteiger partial charge in [-0.05, 0) is 80.0 Å². The van der Waals surface area contributed by atoms with Crippen LogP contribution in [0.25, 0.3) is 10.2 Å². The number of carbonyl (C=O) groups is 3. The lowest BCUT2D eigenvalue weighted by molar-refractivity contribution is -0.116. The minimum atomic E-state index is -0.367. The van der Waals surface area contributed by atoms with E-state index in [1.807, 2.05) is 55.5 Å². The number of nitrogens with one attached hydrogen (secondary N) is 1. The van der Waals surface area contributed by atoms with Gasteiger partial charge in [0.15, 0.2) is 5.78 Å². The summed E-state index contributed by atoms with van der Waals surface area (Å²) in [6.07, 6.45) is 6.45. The molecule has 7 rings (SSSR count). The molecular weight excluding hydrogens is 607 g/mol.